The van der Waals surface area contributed by atoms with Crippen molar-refractivity contribution >= 4 is 5.78 Å². The fraction of sp³-hybridized carbons (Fsp3) is 0.909. The molecule has 0 aromatic rings. The predicted molar refractivity (Wildman–Crippen MR) is 54.8 cm³/mol. The van der Waals surface area contributed by atoms with Crippen LogP contribution in [0.1, 0.15) is 47.5 Å². The van der Waals surface area contributed by atoms with Gasteiger partial charge in [0, 0.05) is 13.0 Å². The molecule has 0 aromatic heterocycles. The third-order valence-electron chi connectivity index (χ3n) is 2.58. The van der Waals surface area contributed by atoms with Crippen LogP contribution in [0, 0.1) is 5.92 Å². The maximum Gasteiger partial charge on any atom is 0.164 e. The summed E-state index contributed by atoms with van der Waals surface area (Å²) < 4.78 is 5.64. The van der Waals surface area contributed by atoms with Gasteiger partial charge in [-0.2, -0.15) is 0 Å². The zero-order valence-electron chi connectivity index (χ0n) is 9.52. The number of ketones is 1. The van der Waals surface area contributed by atoms with Gasteiger partial charge in [0.25, 0.3) is 0 Å². The van der Waals surface area contributed by atoms with Crippen LogP contribution in [-0.4, -0.2) is 18.0 Å². The molecule has 0 bridgehead atoms. The van der Waals surface area contributed by atoms with Crippen LogP contribution in [0.5, 0.6) is 0 Å². The van der Waals surface area contributed by atoms with E-state index < -0.39 is 5.60 Å². The maximum absolute atomic E-state index is 11.7. The average molecular weight is 186 g/mol. The van der Waals surface area contributed by atoms with Crippen molar-refractivity contribution < 1.29 is 9.53 Å². The predicted octanol–water partition coefficient (Wildman–Crippen LogP) is 2.81. The first-order chi connectivity index (χ1) is 5.99. The molecule has 2 nitrogen and oxygen atoms in total. The Labute approximate surface area is 81.7 Å². The first kappa shape index (κ1) is 12.6. The molecule has 0 aliphatic heterocycles. The van der Waals surface area contributed by atoms with E-state index in [1.54, 1.807) is 0 Å². The van der Waals surface area contributed by atoms with Gasteiger partial charge in [0.15, 0.2) is 5.78 Å². The maximum atomic E-state index is 11.7. The Balaban J connectivity index is 4.43. The van der Waals surface area contributed by atoms with Crippen molar-refractivity contribution in [2.45, 2.75) is 53.1 Å². The van der Waals surface area contributed by atoms with Gasteiger partial charge in [0.05, 0.1) is 0 Å². The van der Waals surface area contributed by atoms with Gasteiger partial charge in [0.2, 0.25) is 0 Å². The summed E-state index contributed by atoms with van der Waals surface area (Å²) in [7, 11) is 0. The van der Waals surface area contributed by atoms with Crippen molar-refractivity contribution in [1.29, 1.82) is 0 Å². The zero-order chi connectivity index (χ0) is 10.5. The molecule has 0 amide bonds. The monoisotopic (exact) mass is 186 g/mol. The summed E-state index contributed by atoms with van der Waals surface area (Å²) in [6.07, 6.45) is 1.51. The molecule has 1 unspecified atom stereocenters. The molecule has 1 atom stereocenters. The van der Waals surface area contributed by atoms with E-state index in [9.17, 15) is 4.79 Å². The number of ether oxygens (including phenoxy) is 1. The quantitative estimate of drug-likeness (QED) is 0.637. The van der Waals surface area contributed by atoms with Crippen molar-refractivity contribution in [2.75, 3.05) is 6.61 Å². The normalized spacial score (nSPS) is 15.8. The molecule has 0 rings (SSSR count). The number of hydrogen-bond donors (Lipinski definition) is 0. The van der Waals surface area contributed by atoms with E-state index in [1.807, 2.05) is 27.7 Å². The highest BCUT2D eigenvalue weighted by molar-refractivity contribution is 5.86. The summed E-state index contributed by atoms with van der Waals surface area (Å²) in [5.41, 5.74) is -0.579. The molecule has 0 saturated heterocycles. The van der Waals surface area contributed by atoms with Crippen LogP contribution < -0.4 is 0 Å². The summed E-state index contributed by atoms with van der Waals surface area (Å²) in [6.45, 7) is 10.6. The van der Waals surface area contributed by atoms with Crippen molar-refractivity contribution in [3.63, 3.8) is 0 Å². The SMILES string of the molecule is CCCOC(C)(C(=O)CC)C(C)C. The minimum atomic E-state index is -0.579. The first-order valence-corrected chi connectivity index (χ1v) is 5.16. The van der Waals surface area contributed by atoms with Crippen molar-refractivity contribution in [3.8, 4) is 0 Å². The molecular formula is C11H22O2. The summed E-state index contributed by atoms with van der Waals surface area (Å²) in [6, 6.07) is 0. The highest BCUT2D eigenvalue weighted by Gasteiger charge is 2.35. The van der Waals surface area contributed by atoms with Gasteiger partial charge in [-0.1, -0.05) is 27.7 Å². The Morgan fingerprint density at radius 2 is 1.92 bits per heavy atom. The molecule has 0 heterocycles. The number of carbonyl (C=O) groups is 1. The van der Waals surface area contributed by atoms with Gasteiger partial charge in [-0.15, -0.1) is 0 Å². The smallest absolute Gasteiger partial charge is 0.164 e. The van der Waals surface area contributed by atoms with Crippen molar-refractivity contribution in [2.24, 2.45) is 5.92 Å². The van der Waals surface area contributed by atoms with E-state index in [0.717, 1.165) is 6.42 Å². The number of carbonyl (C=O) groups excluding carboxylic acids is 1. The van der Waals surface area contributed by atoms with Crippen molar-refractivity contribution in [1.82, 2.24) is 0 Å². The van der Waals surface area contributed by atoms with Crippen LogP contribution in [0.25, 0.3) is 0 Å². The Bertz CT molecular complexity index is 163. The van der Waals surface area contributed by atoms with E-state index in [4.69, 9.17) is 4.74 Å². The third kappa shape index (κ3) is 3.11. The van der Waals surface area contributed by atoms with Crippen LogP contribution in [0.15, 0.2) is 0 Å². The minimum Gasteiger partial charge on any atom is -0.367 e. The van der Waals surface area contributed by atoms with E-state index in [0.29, 0.717) is 13.0 Å². The molecule has 0 radical (unpaired) electrons. The van der Waals surface area contributed by atoms with Gasteiger partial charge in [-0.25, -0.2) is 0 Å². The molecule has 0 aromatic carbocycles. The van der Waals surface area contributed by atoms with E-state index in [2.05, 4.69) is 6.92 Å². The summed E-state index contributed by atoms with van der Waals surface area (Å²) in [5.74, 6) is 0.447. The molecule has 78 valence electrons. The van der Waals surface area contributed by atoms with Crippen LogP contribution in [0.3, 0.4) is 0 Å². The number of Topliss-reactive ketones (excluding diaryl/α,β-unsaturated/α-hetero) is 1. The van der Waals surface area contributed by atoms with E-state index in [-0.39, 0.29) is 11.7 Å². The third-order valence-corrected chi connectivity index (χ3v) is 2.58. The van der Waals surface area contributed by atoms with Gasteiger partial charge >= 0.3 is 0 Å². The second-order valence-corrected chi connectivity index (χ2v) is 3.89. The van der Waals surface area contributed by atoms with E-state index in [1.165, 1.54) is 0 Å². The summed E-state index contributed by atoms with van der Waals surface area (Å²) >= 11 is 0. The number of hydrogen-bond acceptors (Lipinski definition) is 2. The lowest BCUT2D eigenvalue weighted by atomic mass is 9.86. The lowest BCUT2D eigenvalue weighted by Gasteiger charge is -2.32. The molecule has 0 aliphatic carbocycles. The lowest BCUT2D eigenvalue weighted by molar-refractivity contribution is -0.148. The highest BCUT2D eigenvalue weighted by atomic mass is 16.5. The Kier molecular flexibility index (Phi) is 5.23. The second-order valence-electron chi connectivity index (χ2n) is 3.89. The topological polar surface area (TPSA) is 26.3 Å². The van der Waals surface area contributed by atoms with Gasteiger partial charge < -0.3 is 4.74 Å². The van der Waals surface area contributed by atoms with Gasteiger partial charge in [0.1, 0.15) is 5.60 Å². The zero-order valence-corrected chi connectivity index (χ0v) is 9.52. The lowest BCUT2D eigenvalue weighted by Crippen LogP contribution is -2.43. The molecule has 0 spiro atoms. The largest absolute Gasteiger partial charge is 0.367 e. The average Bonchev–Trinajstić information content (AvgIpc) is 2.12. The minimum absolute atomic E-state index is 0.205. The van der Waals surface area contributed by atoms with Crippen LogP contribution in [0.4, 0.5) is 0 Å². The second kappa shape index (κ2) is 5.38. The molecule has 2 heteroatoms. The summed E-state index contributed by atoms with van der Waals surface area (Å²) in [5, 5.41) is 0. The Morgan fingerprint density at radius 1 is 1.38 bits per heavy atom. The Hall–Kier alpha value is -0.370. The highest BCUT2D eigenvalue weighted by Crippen LogP contribution is 2.24. The molecule has 0 N–H and O–H groups in total. The standard InChI is InChI=1S/C11H22O2/c1-6-8-13-11(5,9(3)4)10(12)7-2/h9H,6-8H2,1-5H3. The van der Waals surface area contributed by atoms with Crippen LogP contribution in [0.2, 0.25) is 0 Å². The molecule has 0 fully saturated rings. The van der Waals surface area contributed by atoms with Crippen LogP contribution >= 0.6 is 0 Å². The number of rotatable bonds is 6. The molecule has 0 saturated carbocycles. The van der Waals surface area contributed by atoms with Gasteiger partial charge in [-0.3, -0.25) is 4.79 Å². The fourth-order valence-corrected chi connectivity index (χ4v) is 1.23. The molecule has 0 aliphatic rings. The first-order valence-electron chi connectivity index (χ1n) is 5.16. The Morgan fingerprint density at radius 3 is 2.23 bits per heavy atom. The fourth-order valence-electron chi connectivity index (χ4n) is 1.23. The molecule has 13 heavy (non-hydrogen) atoms. The molecular weight excluding hydrogens is 164 g/mol. The van der Waals surface area contributed by atoms with Gasteiger partial charge in [-0.05, 0) is 19.3 Å². The summed E-state index contributed by atoms with van der Waals surface area (Å²) in [4.78, 5) is 11.7. The van der Waals surface area contributed by atoms with E-state index >= 15 is 0 Å². The van der Waals surface area contributed by atoms with Crippen LogP contribution in [-0.2, 0) is 9.53 Å². The van der Waals surface area contributed by atoms with Crippen molar-refractivity contribution in [3.05, 3.63) is 0 Å².